The zero-order valence-corrected chi connectivity index (χ0v) is 11.6. The molecule has 0 heterocycles. The summed E-state index contributed by atoms with van der Waals surface area (Å²) in [6.07, 6.45) is 2.36. The highest BCUT2D eigenvalue weighted by Crippen LogP contribution is 2.23. The fraction of sp³-hybridized carbons (Fsp3) is 0.533. The molecule has 1 amide bonds. The van der Waals surface area contributed by atoms with Crippen LogP contribution in [0.15, 0.2) is 24.3 Å². The van der Waals surface area contributed by atoms with Gasteiger partial charge in [0.05, 0.1) is 12.6 Å². The number of amides is 1. The number of carbonyl (C=O) groups excluding carboxylic acids is 1. The molecule has 104 valence electrons. The maximum absolute atomic E-state index is 12.2. The number of nitrogens with one attached hydrogen (secondary N) is 1. The molecule has 1 aliphatic rings. The van der Waals surface area contributed by atoms with Gasteiger partial charge >= 0.3 is 0 Å². The molecule has 1 aliphatic carbocycles. The first-order valence-electron chi connectivity index (χ1n) is 6.93. The molecule has 1 unspecified atom stereocenters. The van der Waals surface area contributed by atoms with Gasteiger partial charge in [-0.1, -0.05) is 12.1 Å². The summed E-state index contributed by atoms with van der Waals surface area (Å²) >= 11 is 0. The largest absolute Gasteiger partial charge is 0.508 e. The minimum atomic E-state index is -0.0226. The van der Waals surface area contributed by atoms with Gasteiger partial charge in [0.2, 0.25) is 5.91 Å². The van der Waals surface area contributed by atoms with E-state index in [1.807, 2.05) is 30.9 Å². The van der Waals surface area contributed by atoms with Crippen LogP contribution in [0.2, 0.25) is 0 Å². The number of phenolic OH excluding ortho intramolecular Hbond substituents is 1. The Bertz CT molecular complexity index is 444. The van der Waals surface area contributed by atoms with Crippen LogP contribution < -0.4 is 5.32 Å². The van der Waals surface area contributed by atoms with E-state index < -0.39 is 0 Å². The van der Waals surface area contributed by atoms with E-state index in [0.717, 1.165) is 5.56 Å². The Labute approximate surface area is 114 Å². The van der Waals surface area contributed by atoms with E-state index in [4.69, 9.17) is 0 Å². The minimum Gasteiger partial charge on any atom is -0.508 e. The molecule has 1 atom stereocenters. The number of carbonyl (C=O) groups is 1. The van der Waals surface area contributed by atoms with Gasteiger partial charge in [-0.15, -0.1) is 0 Å². The summed E-state index contributed by atoms with van der Waals surface area (Å²) in [7, 11) is 0. The van der Waals surface area contributed by atoms with E-state index in [1.165, 1.54) is 12.8 Å². The lowest BCUT2D eigenvalue weighted by atomic mass is 10.1. The Morgan fingerprint density at radius 2 is 2.26 bits per heavy atom. The van der Waals surface area contributed by atoms with Crippen LogP contribution in [0.4, 0.5) is 0 Å². The van der Waals surface area contributed by atoms with Crippen molar-refractivity contribution in [3.05, 3.63) is 29.8 Å². The molecule has 1 aromatic carbocycles. The van der Waals surface area contributed by atoms with Crippen molar-refractivity contribution in [1.82, 2.24) is 10.2 Å². The maximum Gasteiger partial charge on any atom is 0.237 e. The van der Waals surface area contributed by atoms with Crippen LogP contribution in [-0.4, -0.2) is 35.0 Å². The third kappa shape index (κ3) is 3.70. The van der Waals surface area contributed by atoms with Crippen LogP contribution in [0.25, 0.3) is 0 Å². The summed E-state index contributed by atoms with van der Waals surface area (Å²) in [5.74, 6) is 0.356. The summed E-state index contributed by atoms with van der Waals surface area (Å²) in [4.78, 5) is 14.0. The smallest absolute Gasteiger partial charge is 0.237 e. The fourth-order valence-electron chi connectivity index (χ4n) is 2.25. The van der Waals surface area contributed by atoms with Gasteiger partial charge in [-0.2, -0.15) is 0 Å². The monoisotopic (exact) mass is 262 g/mol. The van der Waals surface area contributed by atoms with Gasteiger partial charge in [-0.05, 0) is 44.4 Å². The van der Waals surface area contributed by atoms with Crippen molar-refractivity contribution in [2.75, 3.05) is 13.1 Å². The minimum absolute atomic E-state index is 0.0226. The number of hydrogen-bond acceptors (Lipinski definition) is 3. The standard InChI is InChI=1S/C15H22N2O2/c1-3-17(15(19)10-16-13-7-8-13)11(2)12-5-4-6-14(18)9-12/h4-6,9,11,13,16,18H,3,7-8,10H2,1-2H3. The highest BCUT2D eigenvalue weighted by Gasteiger charge is 2.24. The Balaban J connectivity index is 2.00. The molecule has 2 N–H and O–H groups in total. The topological polar surface area (TPSA) is 52.6 Å². The Morgan fingerprint density at radius 3 is 2.84 bits per heavy atom. The predicted octanol–water partition coefficient (Wildman–Crippen LogP) is 2.05. The number of rotatable bonds is 6. The third-order valence-electron chi connectivity index (χ3n) is 3.60. The van der Waals surface area contributed by atoms with Crippen molar-refractivity contribution in [2.45, 2.75) is 38.8 Å². The normalized spacial score (nSPS) is 16.1. The molecule has 19 heavy (non-hydrogen) atoms. The molecule has 0 radical (unpaired) electrons. The van der Waals surface area contributed by atoms with E-state index in [-0.39, 0.29) is 17.7 Å². The third-order valence-corrected chi connectivity index (χ3v) is 3.60. The number of benzene rings is 1. The predicted molar refractivity (Wildman–Crippen MR) is 74.9 cm³/mol. The molecule has 0 saturated heterocycles. The van der Waals surface area contributed by atoms with E-state index in [0.29, 0.717) is 19.1 Å². The molecule has 0 bridgehead atoms. The van der Waals surface area contributed by atoms with Gasteiger partial charge in [0.15, 0.2) is 0 Å². The second-order valence-corrected chi connectivity index (χ2v) is 5.11. The van der Waals surface area contributed by atoms with Gasteiger partial charge in [0, 0.05) is 12.6 Å². The molecular formula is C15H22N2O2. The lowest BCUT2D eigenvalue weighted by Crippen LogP contribution is -2.40. The van der Waals surface area contributed by atoms with Gasteiger partial charge in [-0.25, -0.2) is 0 Å². The van der Waals surface area contributed by atoms with Crippen molar-refractivity contribution in [1.29, 1.82) is 0 Å². The fourth-order valence-corrected chi connectivity index (χ4v) is 2.25. The number of nitrogens with zero attached hydrogens (tertiary/aromatic N) is 1. The highest BCUT2D eigenvalue weighted by molar-refractivity contribution is 5.78. The van der Waals surface area contributed by atoms with Crippen LogP contribution in [-0.2, 0) is 4.79 Å². The van der Waals surface area contributed by atoms with Crippen molar-refractivity contribution in [3.8, 4) is 5.75 Å². The van der Waals surface area contributed by atoms with E-state index in [2.05, 4.69) is 5.32 Å². The number of phenols is 1. The molecule has 0 aliphatic heterocycles. The maximum atomic E-state index is 12.2. The molecule has 1 aromatic rings. The van der Waals surface area contributed by atoms with Crippen molar-refractivity contribution in [3.63, 3.8) is 0 Å². The molecule has 4 nitrogen and oxygen atoms in total. The quantitative estimate of drug-likeness (QED) is 0.825. The molecule has 1 saturated carbocycles. The van der Waals surface area contributed by atoms with Crippen LogP contribution in [0.5, 0.6) is 5.75 Å². The SMILES string of the molecule is CCN(C(=O)CNC1CC1)C(C)c1cccc(O)c1. The molecule has 1 fully saturated rings. The lowest BCUT2D eigenvalue weighted by molar-refractivity contribution is -0.132. The average molecular weight is 262 g/mol. The molecular weight excluding hydrogens is 240 g/mol. The molecule has 0 spiro atoms. The second kappa shape index (κ2) is 6.06. The van der Waals surface area contributed by atoms with Gasteiger partial charge in [0.25, 0.3) is 0 Å². The Morgan fingerprint density at radius 1 is 1.53 bits per heavy atom. The highest BCUT2D eigenvalue weighted by atomic mass is 16.3. The van der Waals surface area contributed by atoms with E-state index in [9.17, 15) is 9.90 Å². The number of likely N-dealkylation sites (N-methyl/N-ethyl adjacent to an activating group) is 1. The van der Waals surface area contributed by atoms with Gasteiger partial charge in [-0.3, -0.25) is 4.79 Å². The van der Waals surface area contributed by atoms with Gasteiger partial charge in [0.1, 0.15) is 5.75 Å². The summed E-state index contributed by atoms with van der Waals surface area (Å²) in [6, 6.07) is 7.62. The van der Waals surface area contributed by atoms with Crippen molar-refractivity contribution < 1.29 is 9.90 Å². The van der Waals surface area contributed by atoms with Crippen LogP contribution in [0.1, 0.15) is 38.3 Å². The summed E-state index contributed by atoms with van der Waals surface area (Å²) in [6.45, 7) is 5.05. The van der Waals surface area contributed by atoms with Crippen molar-refractivity contribution >= 4 is 5.91 Å². The summed E-state index contributed by atoms with van der Waals surface area (Å²) in [5.41, 5.74) is 0.960. The first-order chi connectivity index (χ1) is 9.11. The Kier molecular flexibility index (Phi) is 4.43. The summed E-state index contributed by atoms with van der Waals surface area (Å²) < 4.78 is 0. The van der Waals surface area contributed by atoms with Crippen LogP contribution >= 0.6 is 0 Å². The van der Waals surface area contributed by atoms with Crippen LogP contribution in [0, 0.1) is 0 Å². The second-order valence-electron chi connectivity index (χ2n) is 5.11. The molecule has 4 heteroatoms. The van der Waals surface area contributed by atoms with E-state index in [1.54, 1.807) is 12.1 Å². The first kappa shape index (κ1) is 13.9. The lowest BCUT2D eigenvalue weighted by Gasteiger charge is -2.28. The van der Waals surface area contributed by atoms with Crippen LogP contribution in [0.3, 0.4) is 0 Å². The number of hydrogen-bond donors (Lipinski definition) is 2. The first-order valence-corrected chi connectivity index (χ1v) is 6.93. The zero-order chi connectivity index (χ0) is 13.8. The van der Waals surface area contributed by atoms with E-state index >= 15 is 0 Å². The molecule has 2 rings (SSSR count). The number of aromatic hydroxyl groups is 1. The average Bonchev–Trinajstić information content (AvgIpc) is 3.21. The molecule has 0 aromatic heterocycles. The van der Waals surface area contributed by atoms with Gasteiger partial charge < -0.3 is 15.3 Å². The Hall–Kier alpha value is -1.55. The van der Waals surface area contributed by atoms with Crippen molar-refractivity contribution in [2.24, 2.45) is 0 Å². The zero-order valence-electron chi connectivity index (χ0n) is 11.6. The summed E-state index contributed by atoms with van der Waals surface area (Å²) in [5, 5.41) is 12.8.